The normalized spacial score (nSPS) is 15.0. The number of primary amides is 1. The van der Waals surface area contributed by atoms with Crippen LogP contribution in [-0.2, 0) is 17.9 Å². The van der Waals surface area contributed by atoms with Gasteiger partial charge in [-0.3, -0.25) is 14.7 Å². The van der Waals surface area contributed by atoms with Gasteiger partial charge in [0.25, 0.3) is 5.91 Å². The zero-order valence-corrected chi connectivity index (χ0v) is 21.2. The number of aryl methyl sites for hydroxylation is 1. The van der Waals surface area contributed by atoms with Crippen LogP contribution in [0.2, 0.25) is 0 Å². The van der Waals surface area contributed by atoms with Gasteiger partial charge in [-0.25, -0.2) is 0 Å². The summed E-state index contributed by atoms with van der Waals surface area (Å²) in [6.45, 7) is 5.78. The molecule has 0 aromatic heterocycles. The summed E-state index contributed by atoms with van der Waals surface area (Å²) in [5.41, 5.74) is 8.87. The van der Waals surface area contributed by atoms with Crippen LogP contribution in [0.4, 0.5) is 0 Å². The van der Waals surface area contributed by atoms with Gasteiger partial charge < -0.3 is 21.1 Å². The highest BCUT2D eigenvalue weighted by atomic mass is 127. The fourth-order valence-electron chi connectivity index (χ4n) is 3.78. The lowest BCUT2D eigenvalue weighted by Crippen LogP contribution is -2.48. The highest BCUT2D eigenvalue weighted by Crippen LogP contribution is 2.15. The number of carbonyl (C=O) groups excluding carboxylic acids is 1. The van der Waals surface area contributed by atoms with Gasteiger partial charge in [0.05, 0.1) is 0 Å². The molecule has 1 aliphatic rings. The molecule has 1 aliphatic heterocycles. The SMILES string of the molecule is CN=C(NCc1cccc(OCC(N)=O)c1)NC1CCN(Cc2cccc(C)c2)CC1.I. The number of halogens is 1. The number of nitrogens with zero attached hydrogens (tertiary/aromatic N) is 2. The number of piperidine rings is 1. The number of carbonyl (C=O) groups is 1. The number of nitrogens with two attached hydrogens (primary N) is 1. The van der Waals surface area contributed by atoms with E-state index in [9.17, 15) is 4.79 Å². The summed E-state index contributed by atoms with van der Waals surface area (Å²) in [7, 11) is 1.79. The van der Waals surface area contributed by atoms with Gasteiger partial charge in [0.15, 0.2) is 12.6 Å². The third kappa shape index (κ3) is 8.66. The summed E-state index contributed by atoms with van der Waals surface area (Å²) in [4.78, 5) is 17.8. The lowest BCUT2D eigenvalue weighted by atomic mass is 10.0. The predicted molar refractivity (Wildman–Crippen MR) is 139 cm³/mol. The Morgan fingerprint density at radius 1 is 1.16 bits per heavy atom. The molecule has 0 atom stereocenters. The second-order valence-electron chi connectivity index (χ2n) is 8.01. The third-order valence-electron chi connectivity index (χ3n) is 5.38. The van der Waals surface area contributed by atoms with E-state index < -0.39 is 5.91 Å². The molecule has 0 saturated carbocycles. The number of nitrogens with one attached hydrogen (secondary N) is 2. The van der Waals surface area contributed by atoms with Crippen LogP contribution >= 0.6 is 24.0 Å². The lowest BCUT2D eigenvalue weighted by molar-refractivity contribution is -0.119. The molecule has 4 N–H and O–H groups in total. The highest BCUT2D eigenvalue weighted by Gasteiger charge is 2.20. The molecule has 0 unspecified atom stereocenters. The molecule has 0 aliphatic carbocycles. The summed E-state index contributed by atoms with van der Waals surface area (Å²) >= 11 is 0. The van der Waals surface area contributed by atoms with E-state index in [0.717, 1.165) is 44.0 Å². The zero-order chi connectivity index (χ0) is 22.1. The molecule has 7 nitrogen and oxygen atoms in total. The van der Waals surface area contributed by atoms with Crippen molar-refractivity contribution in [2.45, 2.75) is 38.9 Å². The van der Waals surface area contributed by atoms with Crippen LogP contribution < -0.4 is 21.1 Å². The average molecular weight is 551 g/mol. The number of benzene rings is 2. The van der Waals surface area contributed by atoms with E-state index in [1.54, 1.807) is 7.05 Å². The second-order valence-corrected chi connectivity index (χ2v) is 8.01. The molecule has 0 radical (unpaired) electrons. The molecule has 2 aromatic carbocycles. The maximum atomic E-state index is 10.9. The number of likely N-dealkylation sites (tertiary alicyclic amines) is 1. The first-order valence-electron chi connectivity index (χ1n) is 10.8. The summed E-state index contributed by atoms with van der Waals surface area (Å²) in [6.07, 6.45) is 2.17. The minimum atomic E-state index is -0.488. The van der Waals surface area contributed by atoms with Gasteiger partial charge in [-0.15, -0.1) is 24.0 Å². The molecule has 0 bridgehead atoms. The maximum Gasteiger partial charge on any atom is 0.255 e. The molecule has 0 spiro atoms. The van der Waals surface area contributed by atoms with E-state index in [0.29, 0.717) is 18.3 Å². The van der Waals surface area contributed by atoms with E-state index in [1.165, 1.54) is 11.1 Å². The van der Waals surface area contributed by atoms with Crippen molar-refractivity contribution in [2.75, 3.05) is 26.7 Å². The van der Waals surface area contributed by atoms with Crippen LogP contribution in [0.25, 0.3) is 0 Å². The van der Waals surface area contributed by atoms with Gasteiger partial charge >= 0.3 is 0 Å². The van der Waals surface area contributed by atoms with E-state index in [4.69, 9.17) is 10.5 Å². The summed E-state index contributed by atoms with van der Waals surface area (Å²) in [5.74, 6) is 0.931. The van der Waals surface area contributed by atoms with Gasteiger partial charge in [0.1, 0.15) is 5.75 Å². The monoisotopic (exact) mass is 551 g/mol. The maximum absolute atomic E-state index is 10.9. The van der Waals surface area contributed by atoms with Crippen molar-refractivity contribution in [1.82, 2.24) is 15.5 Å². The van der Waals surface area contributed by atoms with Crippen molar-refractivity contribution in [3.63, 3.8) is 0 Å². The van der Waals surface area contributed by atoms with Crippen LogP contribution in [0.15, 0.2) is 53.5 Å². The van der Waals surface area contributed by atoms with Crippen molar-refractivity contribution in [2.24, 2.45) is 10.7 Å². The topological polar surface area (TPSA) is 92.0 Å². The Morgan fingerprint density at radius 2 is 1.88 bits per heavy atom. The molecule has 3 rings (SSSR count). The number of hydrogen-bond acceptors (Lipinski definition) is 4. The quantitative estimate of drug-likeness (QED) is 0.267. The van der Waals surface area contributed by atoms with E-state index in [1.807, 2.05) is 24.3 Å². The van der Waals surface area contributed by atoms with Crippen LogP contribution in [-0.4, -0.2) is 49.6 Å². The predicted octanol–water partition coefficient (Wildman–Crippen LogP) is 2.81. The highest BCUT2D eigenvalue weighted by molar-refractivity contribution is 14.0. The van der Waals surface area contributed by atoms with Crippen LogP contribution in [0.3, 0.4) is 0 Å². The van der Waals surface area contributed by atoms with Crippen molar-refractivity contribution in [1.29, 1.82) is 0 Å². The fraction of sp³-hybridized carbons (Fsp3) is 0.417. The first kappa shape index (κ1) is 25.9. The van der Waals surface area contributed by atoms with Crippen molar-refractivity contribution < 1.29 is 9.53 Å². The van der Waals surface area contributed by atoms with E-state index in [2.05, 4.69) is 51.7 Å². The molecular formula is C24H34IN5O2. The Bertz CT molecular complexity index is 897. The number of hydrogen-bond donors (Lipinski definition) is 3. The lowest BCUT2D eigenvalue weighted by Gasteiger charge is -2.33. The average Bonchev–Trinajstić information content (AvgIpc) is 2.77. The van der Waals surface area contributed by atoms with Crippen LogP contribution in [0, 0.1) is 6.92 Å². The molecule has 8 heteroatoms. The molecule has 174 valence electrons. The summed E-state index contributed by atoms with van der Waals surface area (Å²) in [6, 6.07) is 16.8. The molecule has 1 saturated heterocycles. The number of guanidine groups is 1. The number of rotatable bonds is 8. The molecular weight excluding hydrogens is 517 g/mol. The number of ether oxygens (including phenoxy) is 1. The summed E-state index contributed by atoms with van der Waals surface area (Å²) < 4.78 is 5.37. The van der Waals surface area contributed by atoms with Gasteiger partial charge in [-0.2, -0.15) is 0 Å². The standard InChI is InChI=1S/C24H33N5O2.HI/c1-18-5-3-7-20(13-18)16-29-11-9-21(10-12-29)28-24(26-2)27-15-19-6-4-8-22(14-19)31-17-23(25)30;/h3-8,13-14,21H,9-12,15-17H2,1-2H3,(H2,25,30)(H2,26,27,28);1H. The van der Waals surface area contributed by atoms with Crippen molar-refractivity contribution in [3.8, 4) is 5.75 Å². The third-order valence-corrected chi connectivity index (χ3v) is 5.38. The van der Waals surface area contributed by atoms with Gasteiger partial charge in [-0.05, 0) is 43.0 Å². The summed E-state index contributed by atoms with van der Waals surface area (Å²) in [5, 5.41) is 6.90. The minimum Gasteiger partial charge on any atom is -0.484 e. The zero-order valence-electron chi connectivity index (χ0n) is 18.8. The Morgan fingerprint density at radius 3 is 2.56 bits per heavy atom. The van der Waals surface area contributed by atoms with Gasteiger partial charge in [0, 0.05) is 39.3 Å². The van der Waals surface area contributed by atoms with Gasteiger partial charge in [0.2, 0.25) is 0 Å². The first-order valence-corrected chi connectivity index (χ1v) is 10.8. The number of amides is 1. The van der Waals surface area contributed by atoms with E-state index in [-0.39, 0.29) is 30.6 Å². The molecule has 1 heterocycles. The molecule has 1 amide bonds. The first-order chi connectivity index (χ1) is 15.0. The Kier molecular flexibility index (Phi) is 10.8. The van der Waals surface area contributed by atoms with Crippen LogP contribution in [0.1, 0.15) is 29.5 Å². The van der Waals surface area contributed by atoms with Crippen molar-refractivity contribution in [3.05, 3.63) is 65.2 Å². The van der Waals surface area contributed by atoms with Gasteiger partial charge in [-0.1, -0.05) is 42.0 Å². The van der Waals surface area contributed by atoms with Crippen LogP contribution in [0.5, 0.6) is 5.75 Å². The largest absolute Gasteiger partial charge is 0.484 e. The van der Waals surface area contributed by atoms with Crippen molar-refractivity contribution >= 4 is 35.8 Å². The Balaban J connectivity index is 0.00000363. The molecule has 32 heavy (non-hydrogen) atoms. The smallest absolute Gasteiger partial charge is 0.255 e. The molecule has 1 fully saturated rings. The van der Waals surface area contributed by atoms with E-state index >= 15 is 0 Å². The second kappa shape index (κ2) is 13.3. The Hall–Kier alpha value is -2.33. The Labute approximate surface area is 207 Å². The minimum absolute atomic E-state index is 0. The number of aliphatic imine (C=N–C) groups is 1. The fourth-order valence-corrected chi connectivity index (χ4v) is 3.78. The molecule has 2 aromatic rings.